The van der Waals surface area contributed by atoms with Crippen molar-refractivity contribution in [1.82, 2.24) is 5.32 Å². The van der Waals surface area contributed by atoms with Crippen molar-refractivity contribution in [2.75, 3.05) is 0 Å². The van der Waals surface area contributed by atoms with E-state index in [1.54, 1.807) is 0 Å². The molecule has 4 atom stereocenters. The summed E-state index contributed by atoms with van der Waals surface area (Å²) in [5.74, 6) is -0.911. The minimum atomic E-state index is -1.32. The molecule has 0 spiro atoms. The van der Waals surface area contributed by atoms with Crippen LogP contribution in [0.4, 0.5) is 0 Å². The average molecular weight is 284 g/mol. The lowest BCUT2D eigenvalue weighted by Gasteiger charge is -2.39. The van der Waals surface area contributed by atoms with E-state index in [0.717, 1.165) is 25.7 Å². The summed E-state index contributed by atoms with van der Waals surface area (Å²) in [5.41, 5.74) is 5.06. The number of carboxylic acid groups (broad SMARTS) is 1. The summed E-state index contributed by atoms with van der Waals surface area (Å²) in [4.78, 5) is 11.6. The van der Waals surface area contributed by atoms with Gasteiger partial charge < -0.3 is 26.2 Å². The molecule has 0 radical (unpaired) electrons. The molecule has 0 aliphatic carbocycles. The molecule has 0 aromatic rings. The summed E-state index contributed by atoms with van der Waals surface area (Å²) in [7, 11) is -1.32. The monoisotopic (exact) mass is 284 g/mol. The first kappa shape index (κ1) is 15.8. The van der Waals surface area contributed by atoms with Crippen LogP contribution in [0.2, 0.25) is 6.32 Å². The van der Waals surface area contributed by atoms with Gasteiger partial charge in [-0.1, -0.05) is 12.8 Å². The zero-order chi connectivity index (χ0) is 14.8. The van der Waals surface area contributed by atoms with Gasteiger partial charge in [-0.15, -0.1) is 0 Å². The molecule has 2 fully saturated rings. The minimum Gasteiger partial charge on any atom is -0.480 e. The predicted octanol–water partition coefficient (Wildman–Crippen LogP) is -0.0578. The Bertz CT molecular complexity index is 343. The molecule has 0 aromatic heterocycles. The van der Waals surface area contributed by atoms with Crippen LogP contribution in [0.3, 0.4) is 0 Å². The number of piperidine rings is 1. The number of carboxylic acids is 1. The van der Waals surface area contributed by atoms with E-state index < -0.39 is 18.6 Å². The molecule has 2 bridgehead atoms. The van der Waals surface area contributed by atoms with Crippen molar-refractivity contribution >= 4 is 13.1 Å². The Morgan fingerprint density at radius 3 is 2.35 bits per heavy atom. The molecule has 0 aromatic carbocycles. The SMILES string of the molecule is NC(CCCCB(O)O)(C(=O)O)C1C[C@H]2CC[C@@H](C1)N2. The van der Waals surface area contributed by atoms with E-state index in [-0.39, 0.29) is 12.2 Å². The Kier molecular flexibility index (Phi) is 5.07. The van der Waals surface area contributed by atoms with Crippen LogP contribution in [-0.2, 0) is 4.79 Å². The molecule has 7 heteroatoms. The molecule has 2 aliphatic heterocycles. The zero-order valence-electron chi connectivity index (χ0n) is 11.8. The molecule has 6 N–H and O–H groups in total. The predicted molar refractivity (Wildman–Crippen MR) is 76.1 cm³/mol. The lowest BCUT2D eigenvalue weighted by molar-refractivity contribution is -0.146. The van der Waals surface area contributed by atoms with Gasteiger partial charge in [0.2, 0.25) is 0 Å². The highest BCUT2D eigenvalue weighted by Gasteiger charge is 2.47. The largest absolute Gasteiger partial charge is 0.480 e. The van der Waals surface area contributed by atoms with Crippen LogP contribution in [0, 0.1) is 5.92 Å². The summed E-state index contributed by atoms with van der Waals surface area (Å²) < 4.78 is 0. The lowest BCUT2D eigenvalue weighted by atomic mass is 9.73. The minimum absolute atomic E-state index is 0.0119. The Morgan fingerprint density at radius 2 is 1.85 bits per heavy atom. The molecule has 2 rings (SSSR count). The molecule has 114 valence electrons. The van der Waals surface area contributed by atoms with E-state index in [4.69, 9.17) is 15.8 Å². The van der Waals surface area contributed by atoms with Gasteiger partial charge in [0.25, 0.3) is 0 Å². The van der Waals surface area contributed by atoms with Crippen LogP contribution in [0.15, 0.2) is 0 Å². The number of fused-ring (bicyclic) bond motifs is 2. The van der Waals surface area contributed by atoms with Gasteiger partial charge in [-0.3, -0.25) is 4.79 Å². The number of nitrogens with one attached hydrogen (secondary N) is 1. The maximum atomic E-state index is 11.6. The highest BCUT2D eigenvalue weighted by Crippen LogP contribution is 2.38. The summed E-state index contributed by atoms with van der Waals surface area (Å²) in [6.07, 6.45) is 5.78. The van der Waals surface area contributed by atoms with Gasteiger partial charge in [0.1, 0.15) is 5.54 Å². The molecule has 2 heterocycles. The van der Waals surface area contributed by atoms with Crippen molar-refractivity contribution in [3.05, 3.63) is 0 Å². The number of carbonyl (C=O) groups is 1. The number of rotatable bonds is 7. The van der Waals surface area contributed by atoms with Gasteiger partial charge in [-0.2, -0.15) is 0 Å². The topological polar surface area (TPSA) is 116 Å². The first-order valence-electron chi connectivity index (χ1n) is 7.56. The molecular weight excluding hydrogens is 259 g/mol. The summed E-state index contributed by atoms with van der Waals surface area (Å²) >= 11 is 0. The normalized spacial score (nSPS) is 31.9. The van der Waals surface area contributed by atoms with E-state index in [1.807, 2.05) is 0 Å². The number of nitrogens with two attached hydrogens (primary N) is 1. The maximum Gasteiger partial charge on any atom is 0.451 e. The van der Waals surface area contributed by atoms with Gasteiger partial charge in [0, 0.05) is 12.1 Å². The summed E-state index contributed by atoms with van der Waals surface area (Å²) in [6, 6.07) is 0.834. The highest BCUT2D eigenvalue weighted by molar-refractivity contribution is 6.40. The van der Waals surface area contributed by atoms with Crippen molar-refractivity contribution in [3.8, 4) is 0 Å². The Balaban J connectivity index is 1.92. The summed E-state index contributed by atoms with van der Waals surface area (Å²) in [6.45, 7) is 0. The number of hydrogen-bond acceptors (Lipinski definition) is 5. The molecule has 2 saturated heterocycles. The lowest BCUT2D eigenvalue weighted by Crippen LogP contribution is -2.58. The van der Waals surface area contributed by atoms with E-state index in [1.165, 1.54) is 0 Å². The number of aliphatic carboxylic acids is 1. The van der Waals surface area contributed by atoms with Crippen LogP contribution in [0.5, 0.6) is 0 Å². The second kappa shape index (κ2) is 6.43. The van der Waals surface area contributed by atoms with Gasteiger partial charge in [0.05, 0.1) is 0 Å². The van der Waals surface area contributed by atoms with E-state index >= 15 is 0 Å². The summed E-state index contributed by atoms with van der Waals surface area (Å²) in [5, 5.41) is 30.7. The van der Waals surface area contributed by atoms with E-state index in [0.29, 0.717) is 31.3 Å². The second-order valence-electron chi connectivity index (χ2n) is 6.38. The van der Waals surface area contributed by atoms with Gasteiger partial charge in [0.15, 0.2) is 0 Å². The van der Waals surface area contributed by atoms with Gasteiger partial charge >= 0.3 is 13.1 Å². The third-order valence-electron chi connectivity index (χ3n) is 4.90. The highest BCUT2D eigenvalue weighted by atomic mass is 16.4. The molecule has 0 saturated carbocycles. The zero-order valence-corrected chi connectivity index (χ0v) is 11.8. The van der Waals surface area contributed by atoms with E-state index in [9.17, 15) is 9.90 Å². The van der Waals surface area contributed by atoms with Gasteiger partial charge in [-0.05, 0) is 44.3 Å². The molecular formula is C13H25BN2O4. The first-order valence-corrected chi connectivity index (χ1v) is 7.56. The third-order valence-corrected chi connectivity index (χ3v) is 4.90. The van der Waals surface area contributed by atoms with E-state index in [2.05, 4.69) is 5.32 Å². The standard InChI is InChI=1S/C13H25BN2O4/c15-13(12(17)18,5-1-2-6-14(19)20)9-7-10-3-4-11(8-9)16-10/h9-11,16,19-20H,1-8,15H2,(H,17,18)/t9?,10-,11+,13?. The fraction of sp³-hybridized carbons (Fsp3) is 0.923. The van der Waals surface area contributed by atoms with Crippen LogP contribution < -0.4 is 11.1 Å². The van der Waals surface area contributed by atoms with Crippen LogP contribution in [-0.4, -0.2) is 45.9 Å². The fourth-order valence-electron chi connectivity index (χ4n) is 3.71. The smallest absolute Gasteiger partial charge is 0.451 e. The molecule has 20 heavy (non-hydrogen) atoms. The average Bonchev–Trinajstić information content (AvgIpc) is 2.72. The number of unbranched alkanes of at least 4 members (excludes halogenated alkanes) is 1. The van der Waals surface area contributed by atoms with Crippen LogP contribution >= 0.6 is 0 Å². The van der Waals surface area contributed by atoms with Crippen molar-refractivity contribution in [3.63, 3.8) is 0 Å². The van der Waals surface area contributed by atoms with Crippen molar-refractivity contribution in [1.29, 1.82) is 0 Å². The van der Waals surface area contributed by atoms with Crippen LogP contribution in [0.1, 0.15) is 44.9 Å². The fourth-order valence-corrected chi connectivity index (χ4v) is 3.71. The Hall–Kier alpha value is -0.625. The third kappa shape index (κ3) is 3.52. The quantitative estimate of drug-likeness (QED) is 0.330. The first-order chi connectivity index (χ1) is 9.41. The number of hydrogen-bond donors (Lipinski definition) is 5. The maximum absolute atomic E-state index is 11.6. The molecule has 2 aliphatic rings. The molecule has 6 nitrogen and oxygen atoms in total. The Labute approximate surface area is 119 Å². The van der Waals surface area contributed by atoms with Gasteiger partial charge in [-0.25, -0.2) is 0 Å². The van der Waals surface area contributed by atoms with Crippen molar-refractivity contribution < 1.29 is 19.9 Å². The second-order valence-corrected chi connectivity index (χ2v) is 6.38. The molecule has 0 amide bonds. The van der Waals surface area contributed by atoms with Crippen LogP contribution in [0.25, 0.3) is 0 Å². The van der Waals surface area contributed by atoms with Crippen molar-refractivity contribution in [2.24, 2.45) is 11.7 Å². The molecule has 2 unspecified atom stereocenters. The van der Waals surface area contributed by atoms with Crippen molar-refractivity contribution in [2.45, 2.75) is 68.9 Å². The Morgan fingerprint density at radius 1 is 1.25 bits per heavy atom.